The van der Waals surface area contributed by atoms with Gasteiger partial charge in [-0.2, -0.15) is 0 Å². The molecule has 27 heavy (non-hydrogen) atoms. The Hall–Kier alpha value is -3.21. The highest BCUT2D eigenvalue weighted by Gasteiger charge is 2.08. The quantitative estimate of drug-likeness (QED) is 0.675. The Balaban J connectivity index is 1.77. The van der Waals surface area contributed by atoms with Crippen molar-refractivity contribution in [3.63, 3.8) is 0 Å². The molecule has 1 amide bonds. The Morgan fingerprint density at radius 2 is 1.89 bits per heavy atom. The first kappa shape index (κ1) is 18.6. The molecule has 2 N–H and O–H groups in total. The van der Waals surface area contributed by atoms with Gasteiger partial charge >= 0.3 is 0 Å². The Morgan fingerprint density at radius 1 is 1.07 bits per heavy atom. The van der Waals surface area contributed by atoms with Gasteiger partial charge in [0.1, 0.15) is 5.82 Å². The van der Waals surface area contributed by atoms with E-state index in [1.165, 1.54) is 0 Å². The van der Waals surface area contributed by atoms with Gasteiger partial charge < -0.3 is 10.6 Å². The maximum atomic E-state index is 12.3. The molecule has 0 saturated carbocycles. The minimum Gasteiger partial charge on any atom is -0.352 e. The third kappa shape index (κ3) is 5.14. The molecular weight excluding hydrogens is 336 g/mol. The molecule has 0 atom stereocenters. The molecule has 1 aromatic heterocycles. The lowest BCUT2D eigenvalue weighted by Gasteiger charge is -2.10. The monoisotopic (exact) mass is 360 g/mol. The summed E-state index contributed by atoms with van der Waals surface area (Å²) in [5.41, 5.74) is 3.56. The molecule has 3 aromatic rings. The maximum absolute atomic E-state index is 12.3. The number of carbonyl (C=O) groups is 1. The minimum atomic E-state index is -0.0736. The van der Waals surface area contributed by atoms with Crippen molar-refractivity contribution in [1.82, 2.24) is 15.3 Å². The van der Waals surface area contributed by atoms with Crippen LogP contribution in [-0.2, 0) is 0 Å². The smallest absolute Gasteiger partial charge is 0.251 e. The second kappa shape index (κ2) is 8.45. The molecule has 0 spiro atoms. The molecule has 1 heterocycles. The van der Waals surface area contributed by atoms with E-state index in [4.69, 9.17) is 0 Å². The molecule has 0 bridgehead atoms. The number of hydrogen-bond donors (Lipinski definition) is 2. The van der Waals surface area contributed by atoms with Crippen molar-refractivity contribution in [3.8, 4) is 11.4 Å². The lowest BCUT2D eigenvalue weighted by molar-refractivity contribution is 0.0949. The second-order valence-corrected chi connectivity index (χ2v) is 6.94. The number of nitrogens with one attached hydrogen (secondary N) is 2. The minimum absolute atomic E-state index is 0.0736. The summed E-state index contributed by atoms with van der Waals surface area (Å²) in [6.45, 7) is 6.84. The van der Waals surface area contributed by atoms with Gasteiger partial charge in [-0.15, -0.1) is 0 Å². The molecule has 0 aliphatic carbocycles. The fourth-order valence-corrected chi connectivity index (χ4v) is 2.64. The van der Waals surface area contributed by atoms with Crippen LogP contribution in [0.2, 0.25) is 0 Å². The molecule has 0 fully saturated rings. The average molecular weight is 360 g/mol. The van der Waals surface area contributed by atoms with Crippen LogP contribution in [0.4, 0.5) is 11.5 Å². The third-order valence-corrected chi connectivity index (χ3v) is 4.00. The Bertz CT molecular complexity index is 937. The Kier molecular flexibility index (Phi) is 5.81. The van der Waals surface area contributed by atoms with Crippen LogP contribution < -0.4 is 10.6 Å². The second-order valence-electron chi connectivity index (χ2n) is 6.94. The number of amides is 1. The molecule has 0 aliphatic rings. The van der Waals surface area contributed by atoms with E-state index in [-0.39, 0.29) is 5.91 Å². The molecular formula is C22H24N4O. The van der Waals surface area contributed by atoms with Gasteiger partial charge in [-0.3, -0.25) is 4.79 Å². The summed E-state index contributed by atoms with van der Waals surface area (Å²) < 4.78 is 0. The lowest BCUT2D eigenvalue weighted by atomic mass is 10.1. The number of carbonyl (C=O) groups excluding carboxylic acids is 1. The highest BCUT2D eigenvalue weighted by Crippen LogP contribution is 2.20. The Labute approximate surface area is 159 Å². The van der Waals surface area contributed by atoms with Crippen LogP contribution in [0.3, 0.4) is 0 Å². The van der Waals surface area contributed by atoms with Crippen molar-refractivity contribution in [1.29, 1.82) is 0 Å². The van der Waals surface area contributed by atoms with Crippen molar-refractivity contribution >= 4 is 17.4 Å². The van der Waals surface area contributed by atoms with Crippen LogP contribution in [0.15, 0.2) is 60.8 Å². The lowest BCUT2D eigenvalue weighted by Crippen LogP contribution is -2.27. The molecule has 138 valence electrons. The highest BCUT2D eigenvalue weighted by atomic mass is 16.1. The van der Waals surface area contributed by atoms with Gasteiger partial charge in [0.2, 0.25) is 0 Å². The maximum Gasteiger partial charge on any atom is 0.251 e. The van der Waals surface area contributed by atoms with Crippen molar-refractivity contribution in [2.45, 2.75) is 20.8 Å². The Morgan fingerprint density at radius 3 is 2.67 bits per heavy atom. The van der Waals surface area contributed by atoms with Gasteiger partial charge in [-0.25, -0.2) is 9.97 Å². The van der Waals surface area contributed by atoms with Gasteiger partial charge in [-0.1, -0.05) is 43.7 Å². The summed E-state index contributed by atoms with van der Waals surface area (Å²) >= 11 is 0. The number of aromatic nitrogens is 2. The van der Waals surface area contributed by atoms with E-state index in [2.05, 4.69) is 40.5 Å². The normalized spacial score (nSPS) is 10.7. The van der Waals surface area contributed by atoms with E-state index < -0.39 is 0 Å². The summed E-state index contributed by atoms with van der Waals surface area (Å²) in [7, 11) is 0. The summed E-state index contributed by atoms with van der Waals surface area (Å²) in [4.78, 5) is 21.2. The van der Waals surface area contributed by atoms with E-state index in [9.17, 15) is 4.79 Å². The third-order valence-electron chi connectivity index (χ3n) is 4.00. The number of hydrogen-bond acceptors (Lipinski definition) is 4. The van der Waals surface area contributed by atoms with Gasteiger partial charge in [0.05, 0.1) is 0 Å². The zero-order valence-electron chi connectivity index (χ0n) is 15.9. The molecule has 0 saturated heterocycles. The van der Waals surface area contributed by atoms with Crippen LogP contribution in [0, 0.1) is 12.8 Å². The average Bonchev–Trinajstić information content (AvgIpc) is 2.66. The van der Waals surface area contributed by atoms with Gasteiger partial charge in [0.25, 0.3) is 5.91 Å². The van der Waals surface area contributed by atoms with E-state index in [0.717, 1.165) is 16.8 Å². The molecule has 0 unspecified atom stereocenters. The van der Waals surface area contributed by atoms with Gasteiger partial charge in [-0.05, 0) is 43.2 Å². The number of rotatable bonds is 6. The largest absolute Gasteiger partial charge is 0.352 e. The fourth-order valence-electron chi connectivity index (χ4n) is 2.64. The van der Waals surface area contributed by atoms with Gasteiger partial charge in [0, 0.05) is 29.6 Å². The summed E-state index contributed by atoms with van der Waals surface area (Å²) in [5, 5.41) is 6.19. The fraction of sp³-hybridized carbons (Fsp3) is 0.227. The van der Waals surface area contributed by atoms with Crippen LogP contribution in [-0.4, -0.2) is 22.4 Å². The SMILES string of the molecule is Cc1cccc(-c2nccc(Nc3cccc(C(=O)NCC(C)C)c3)n2)c1. The topological polar surface area (TPSA) is 66.9 Å². The van der Waals surface area contributed by atoms with Crippen LogP contribution >= 0.6 is 0 Å². The van der Waals surface area contributed by atoms with E-state index >= 15 is 0 Å². The van der Waals surface area contributed by atoms with E-state index in [0.29, 0.717) is 29.7 Å². The molecule has 5 heteroatoms. The first-order valence-electron chi connectivity index (χ1n) is 9.06. The molecule has 5 nitrogen and oxygen atoms in total. The first-order valence-corrected chi connectivity index (χ1v) is 9.06. The number of nitrogens with zero attached hydrogens (tertiary/aromatic N) is 2. The van der Waals surface area contributed by atoms with Crippen molar-refractivity contribution < 1.29 is 4.79 Å². The van der Waals surface area contributed by atoms with Crippen molar-refractivity contribution in [3.05, 3.63) is 71.9 Å². The molecule has 0 aliphatic heterocycles. The van der Waals surface area contributed by atoms with Crippen molar-refractivity contribution in [2.75, 3.05) is 11.9 Å². The standard InChI is InChI=1S/C22H24N4O/c1-15(2)14-24-22(27)18-8-5-9-19(13-18)25-20-10-11-23-21(26-20)17-7-4-6-16(3)12-17/h4-13,15H,14H2,1-3H3,(H,24,27)(H,23,25,26). The summed E-state index contributed by atoms with van der Waals surface area (Å²) in [5.74, 6) is 1.68. The van der Waals surface area contributed by atoms with Crippen LogP contribution in [0.1, 0.15) is 29.8 Å². The zero-order valence-corrected chi connectivity index (χ0v) is 15.9. The first-order chi connectivity index (χ1) is 13.0. The van der Waals surface area contributed by atoms with E-state index in [1.807, 2.05) is 49.4 Å². The number of anilines is 2. The summed E-state index contributed by atoms with van der Waals surface area (Å²) in [6, 6.07) is 17.3. The summed E-state index contributed by atoms with van der Waals surface area (Å²) in [6.07, 6.45) is 1.73. The zero-order chi connectivity index (χ0) is 19.2. The molecule has 2 aromatic carbocycles. The number of benzene rings is 2. The van der Waals surface area contributed by atoms with Crippen molar-refractivity contribution in [2.24, 2.45) is 5.92 Å². The van der Waals surface area contributed by atoms with Crippen LogP contribution in [0.25, 0.3) is 11.4 Å². The van der Waals surface area contributed by atoms with Gasteiger partial charge in [0.15, 0.2) is 5.82 Å². The predicted octanol–water partition coefficient (Wildman–Crippen LogP) is 4.58. The van der Waals surface area contributed by atoms with Crippen LogP contribution in [0.5, 0.6) is 0 Å². The molecule has 0 radical (unpaired) electrons. The molecule has 3 rings (SSSR count). The number of aryl methyl sites for hydroxylation is 1. The highest BCUT2D eigenvalue weighted by molar-refractivity contribution is 5.95. The van der Waals surface area contributed by atoms with E-state index in [1.54, 1.807) is 12.3 Å². The predicted molar refractivity (Wildman–Crippen MR) is 109 cm³/mol.